The van der Waals surface area contributed by atoms with Gasteiger partial charge in [-0.2, -0.15) is 9.40 Å². The number of nitrogens with one attached hydrogen (secondary N) is 1. The van der Waals surface area contributed by atoms with Crippen LogP contribution >= 0.6 is 0 Å². The van der Waals surface area contributed by atoms with Crippen LogP contribution in [0.25, 0.3) is 0 Å². The monoisotopic (exact) mass is 243 g/mol. The average molecular weight is 243 g/mol. The Kier molecular flexibility index (Phi) is 3.88. The highest BCUT2D eigenvalue weighted by molar-refractivity contribution is 7.89. The number of aryl methyl sites for hydroxylation is 1. The second-order valence-electron chi connectivity index (χ2n) is 3.75. The molecule has 0 aliphatic heterocycles. The fourth-order valence-corrected chi connectivity index (χ4v) is 3.03. The van der Waals surface area contributed by atoms with Crippen molar-refractivity contribution >= 4 is 10.0 Å². The predicted octanol–water partition coefficient (Wildman–Crippen LogP) is 1.30. The Hall–Kier alpha value is -1.14. The molecule has 0 spiro atoms. The molecule has 0 radical (unpaired) electrons. The lowest BCUT2D eigenvalue weighted by Gasteiger charge is -2.19. The summed E-state index contributed by atoms with van der Waals surface area (Å²) in [5.41, 5.74) is 1.37. The molecule has 1 rings (SSSR count). The lowest BCUT2D eigenvalue weighted by atomic mass is 10.3. The van der Waals surface area contributed by atoms with Crippen LogP contribution in [0.15, 0.2) is 23.2 Å². The molecular weight excluding hydrogens is 226 g/mol. The van der Waals surface area contributed by atoms with Crippen LogP contribution in [0.2, 0.25) is 0 Å². The molecule has 90 valence electrons. The van der Waals surface area contributed by atoms with Crippen LogP contribution in [0.4, 0.5) is 0 Å². The number of nitrogens with zero attached hydrogens (tertiary/aromatic N) is 2. The van der Waals surface area contributed by atoms with E-state index in [-0.39, 0.29) is 4.90 Å². The van der Waals surface area contributed by atoms with Gasteiger partial charge in [0.1, 0.15) is 4.90 Å². The summed E-state index contributed by atoms with van der Waals surface area (Å²) in [5, 5.41) is 6.36. The second-order valence-corrected chi connectivity index (χ2v) is 5.65. The summed E-state index contributed by atoms with van der Waals surface area (Å²) in [6.07, 6.45) is 1.34. The lowest BCUT2D eigenvalue weighted by molar-refractivity contribution is 0.452. The van der Waals surface area contributed by atoms with Crippen molar-refractivity contribution in [1.82, 2.24) is 14.5 Å². The molecule has 0 aliphatic carbocycles. The van der Waals surface area contributed by atoms with Crippen LogP contribution in [-0.4, -0.2) is 36.0 Å². The molecule has 0 aromatic carbocycles. The number of H-pyrrole nitrogens is 1. The highest BCUT2D eigenvalue weighted by atomic mass is 32.2. The highest BCUT2D eigenvalue weighted by Gasteiger charge is 2.25. The Bertz CT molecular complexity index is 476. The normalized spacial score (nSPS) is 12.0. The maximum atomic E-state index is 12.2. The molecule has 1 heterocycles. The molecular formula is C10H17N3O2S. The number of rotatable bonds is 5. The molecule has 0 amide bonds. The molecule has 6 heteroatoms. The SMILES string of the molecule is C=C(C)CN(CC)S(=O)(=O)c1cn[nH]c1C. The molecule has 0 unspecified atom stereocenters. The van der Waals surface area contributed by atoms with Crippen LogP contribution in [0.1, 0.15) is 19.5 Å². The number of aromatic nitrogens is 2. The van der Waals surface area contributed by atoms with Gasteiger partial charge in [-0.25, -0.2) is 8.42 Å². The lowest BCUT2D eigenvalue weighted by Crippen LogP contribution is -2.32. The first-order valence-corrected chi connectivity index (χ1v) is 6.48. The smallest absolute Gasteiger partial charge is 0.246 e. The summed E-state index contributed by atoms with van der Waals surface area (Å²) in [7, 11) is -3.45. The van der Waals surface area contributed by atoms with Gasteiger partial charge in [-0.1, -0.05) is 19.1 Å². The third-order valence-corrected chi connectivity index (χ3v) is 4.24. The fourth-order valence-electron chi connectivity index (χ4n) is 1.41. The summed E-state index contributed by atoms with van der Waals surface area (Å²) >= 11 is 0. The van der Waals surface area contributed by atoms with Gasteiger partial charge < -0.3 is 0 Å². The largest absolute Gasteiger partial charge is 0.281 e. The van der Waals surface area contributed by atoms with E-state index in [1.807, 2.05) is 0 Å². The molecule has 0 aliphatic rings. The Balaban J connectivity index is 3.09. The number of likely N-dealkylation sites (N-methyl/N-ethyl adjacent to an activating group) is 1. The van der Waals surface area contributed by atoms with Crippen LogP contribution in [0.5, 0.6) is 0 Å². The first-order chi connectivity index (χ1) is 7.39. The standard InChI is InChI=1S/C10H17N3O2S/c1-5-13(7-8(2)3)16(14,15)10-6-11-12-9(10)4/h6H,2,5,7H2,1,3-4H3,(H,11,12). The van der Waals surface area contributed by atoms with Crippen molar-refractivity contribution in [1.29, 1.82) is 0 Å². The Labute approximate surface area is 96.2 Å². The minimum atomic E-state index is -3.45. The maximum Gasteiger partial charge on any atom is 0.246 e. The zero-order chi connectivity index (χ0) is 12.3. The molecule has 0 saturated heterocycles. The minimum absolute atomic E-state index is 0.232. The average Bonchev–Trinajstić information content (AvgIpc) is 2.60. The van der Waals surface area contributed by atoms with Crippen molar-refractivity contribution in [2.24, 2.45) is 0 Å². The van der Waals surface area contributed by atoms with Gasteiger partial charge in [0.2, 0.25) is 10.0 Å². The maximum absolute atomic E-state index is 12.2. The van der Waals surface area contributed by atoms with E-state index in [1.54, 1.807) is 20.8 Å². The van der Waals surface area contributed by atoms with E-state index in [9.17, 15) is 8.42 Å². The molecule has 1 N–H and O–H groups in total. The van der Waals surface area contributed by atoms with Crippen molar-refractivity contribution in [3.05, 3.63) is 24.0 Å². The molecule has 0 fully saturated rings. The molecule has 1 aromatic rings. The molecule has 0 bridgehead atoms. The Morgan fingerprint density at radius 1 is 1.62 bits per heavy atom. The number of hydrogen-bond acceptors (Lipinski definition) is 3. The van der Waals surface area contributed by atoms with Crippen molar-refractivity contribution in [2.75, 3.05) is 13.1 Å². The Morgan fingerprint density at radius 3 is 2.62 bits per heavy atom. The third-order valence-electron chi connectivity index (χ3n) is 2.20. The summed E-state index contributed by atoms with van der Waals surface area (Å²) in [5.74, 6) is 0. The number of aromatic amines is 1. The van der Waals surface area contributed by atoms with E-state index in [2.05, 4.69) is 16.8 Å². The van der Waals surface area contributed by atoms with Crippen LogP contribution in [0, 0.1) is 6.92 Å². The van der Waals surface area contributed by atoms with Crippen molar-refractivity contribution in [3.8, 4) is 0 Å². The van der Waals surface area contributed by atoms with Gasteiger partial charge in [-0.15, -0.1) is 0 Å². The summed E-state index contributed by atoms with van der Waals surface area (Å²) in [6, 6.07) is 0. The minimum Gasteiger partial charge on any atom is -0.281 e. The zero-order valence-electron chi connectivity index (χ0n) is 9.82. The topological polar surface area (TPSA) is 66.1 Å². The number of hydrogen-bond donors (Lipinski definition) is 1. The van der Waals surface area contributed by atoms with Gasteiger partial charge in [0.25, 0.3) is 0 Å². The zero-order valence-corrected chi connectivity index (χ0v) is 10.6. The van der Waals surface area contributed by atoms with Crippen LogP contribution < -0.4 is 0 Å². The second kappa shape index (κ2) is 4.80. The Morgan fingerprint density at radius 2 is 2.25 bits per heavy atom. The van der Waals surface area contributed by atoms with Gasteiger partial charge in [-0.3, -0.25) is 5.10 Å². The highest BCUT2D eigenvalue weighted by Crippen LogP contribution is 2.18. The van der Waals surface area contributed by atoms with E-state index >= 15 is 0 Å². The fraction of sp³-hybridized carbons (Fsp3) is 0.500. The quantitative estimate of drug-likeness (QED) is 0.793. The van der Waals surface area contributed by atoms with Crippen molar-refractivity contribution in [3.63, 3.8) is 0 Å². The predicted molar refractivity (Wildman–Crippen MR) is 62.6 cm³/mol. The molecule has 5 nitrogen and oxygen atoms in total. The van der Waals surface area contributed by atoms with Crippen molar-refractivity contribution in [2.45, 2.75) is 25.7 Å². The van der Waals surface area contributed by atoms with E-state index in [4.69, 9.17) is 0 Å². The molecule has 0 atom stereocenters. The third kappa shape index (κ3) is 2.51. The van der Waals surface area contributed by atoms with Crippen molar-refractivity contribution < 1.29 is 8.42 Å². The van der Waals surface area contributed by atoms with Gasteiger partial charge in [0.05, 0.1) is 11.9 Å². The van der Waals surface area contributed by atoms with Crippen LogP contribution in [0.3, 0.4) is 0 Å². The first-order valence-electron chi connectivity index (χ1n) is 5.04. The van der Waals surface area contributed by atoms with Crippen LogP contribution in [-0.2, 0) is 10.0 Å². The summed E-state index contributed by atoms with van der Waals surface area (Å²) < 4.78 is 25.8. The van der Waals surface area contributed by atoms with Gasteiger partial charge in [0.15, 0.2) is 0 Å². The summed E-state index contributed by atoms with van der Waals surface area (Å²) in [4.78, 5) is 0.232. The molecule has 1 aromatic heterocycles. The summed E-state index contributed by atoms with van der Waals surface area (Å²) in [6.45, 7) is 9.78. The van der Waals surface area contributed by atoms with E-state index in [1.165, 1.54) is 10.5 Å². The molecule has 0 saturated carbocycles. The van der Waals surface area contributed by atoms with Gasteiger partial charge >= 0.3 is 0 Å². The number of sulfonamides is 1. The van der Waals surface area contributed by atoms with E-state index in [0.717, 1.165) is 5.57 Å². The van der Waals surface area contributed by atoms with Gasteiger partial charge in [-0.05, 0) is 13.8 Å². The van der Waals surface area contributed by atoms with Gasteiger partial charge in [0, 0.05) is 13.1 Å². The van der Waals surface area contributed by atoms with E-state index < -0.39 is 10.0 Å². The van der Waals surface area contributed by atoms with E-state index in [0.29, 0.717) is 18.8 Å². The molecule has 16 heavy (non-hydrogen) atoms. The first kappa shape index (κ1) is 12.9.